The lowest BCUT2D eigenvalue weighted by Gasteiger charge is -2.23. The minimum absolute atomic E-state index is 0.246. The number of amides is 2. The second-order valence-corrected chi connectivity index (χ2v) is 6.88. The summed E-state index contributed by atoms with van der Waals surface area (Å²) in [5.41, 5.74) is 0.650. The lowest BCUT2D eigenvalue weighted by molar-refractivity contribution is -0.138. The molecule has 2 amide bonds. The van der Waals surface area contributed by atoms with Gasteiger partial charge in [0, 0.05) is 11.0 Å². The Morgan fingerprint density at radius 2 is 1.86 bits per heavy atom. The van der Waals surface area contributed by atoms with Crippen molar-refractivity contribution in [1.82, 2.24) is 5.32 Å². The molecule has 2 N–H and O–H groups in total. The van der Waals surface area contributed by atoms with Crippen molar-refractivity contribution in [2.24, 2.45) is 5.41 Å². The molecular weight excluding hydrogens is 344 g/mol. The highest BCUT2D eigenvalue weighted by molar-refractivity contribution is 9.10. The Morgan fingerprint density at radius 1 is 1.18 bits per heavy atom. The third kappa shape index (κ3) is 5.13. The van der Waals surface area contributed by atoms with Gasteiger partial charge in [-0.05, 0) is 60.8 Å². The molecule has 0 spiro atoms. The molecule has 22 heavy (non-hydrogen) atoms. The van der Waals surface area contributed by atoms with Gasteiger partial charge in [-0.3, -0.25) is 9.59 Å². The van der Waals surface area contributed by atoms with Crippen LogP contribution in [0.3, 0.4) is 0 Å². The molecule has 5 heteroatoms. The first-order valence-electron chi connectivity index (χ1n) is 7.65. The van der Waals surface area contributed by atoms with Crippen molar-refractivity contribution < 1.29 is 9.59 Å². The number of hydrogen-bond donors (Lipinski definition) is 2. The number of carbonyl (C=O) groups excluding carboxylic acids is 2. The Balaban J connectivity index is 2.67. The van der Waals surface area contributed by atoms with Crippen molar-refractivity contribution in [2.75, 3.05) is 11.9 Å². The lowest BCUT2D eigenvalue weighted by atomic mass is 9.91. The molecule has 122 valence electrons. The zero-order valence-corrected chi connectivity index (χ0v) is 15.3. The second kappa shape index (κ2) is 8.32. The third-order valence-electron chi connectivity index (χ3n) is 3.57. The molecule has 0 fully saturated rings. The second-order valence-electron chi connectivity index (χ2n) is 6.03. The SMILES string of the molecule is CCCCCNC(=O)C(C)(C)C(=O)Nc1ccc(C)cc1Br. The van der Waals surface area contributed by atoms with Gasteiger partial charge in [0.25, 0.3) is 0 Å². The molecule has 0 unspecified atom stereocenters. The predicted molar refractivity (Wildman–Crippen MR) is 93.8 cm³/mol. The van der Waals surface area contributed by atoms with Crippen molar-refractivity contribution in [3.63, 3.8) is 0 Å². The van der Waals surface area contributed by atoms with E-state index in [4.69, 9.17) is 0 Å². The Bertz CT molecular complexity index is 541. The number of benzene rings is 1. The number of carbonyl (C=O) groups is 2. The predicted octanol–water partition coefficient (Wildman–Crippen LogP) is 4.03. The first-order valence-corrected chi connectivity index (χ1v) is 8.44. The highest BCUT2D eigenvalue weighted by Gasteiger charge is 2.36. The van der Waals surface area contributed by atoms with E-state index in [1.54, 1.807) is 13.8 Å². The Morgan fingerprint density at radius 3 is 2.45 bits per heavy atom. The molecule has 0 heterocycles. The van der Waals surface area contributed by atoms with E-state index in [1.807, 2.05) is 25.1 Å². The summed E-state index contributed by atoms with van der Waals surface area (Å²) in [4.78, 5) is 24.6. The molecule has 1 aromatic rings. The highest BCUT2D eigenvalue weighted by atomic mass is 79.9. The van der Waals surface area contributed by atoms with Crippen LogP contribution in [0.4, 0.5) is 5.69 Å². The molecule has 1 rings (SSSR count). The van der Waals surface area contributed by atoms with Gasteiger partial charge < -0.3 is 10.6 Å². The summed E-state index contributed by atoms with van der Waals surface area (Å²) in [6, 6.07) is 5.66. The van der Waals surface area contributed by atoms with Gasteiger partial charge in [-0.2, -0.15) is 0 Å². The largest absolute Gasteiger partial charge is 0.355 e. The van der Waals surface area contributed by atoms with Gasteiger partial charge in [0.15, 0.2) is 0 Å². The third-order valence-corrected chi connectivity index (χ3v) is 4.23. The van der Waals surface area contributed by atoms with Crippen LogP contribution in [0.15, 0.2) is 22.7 Å². The molecule has 0 radical (unpaired) electrons. The van der Waals surface area contributed by atoms with E-state index in [0.717, 1.165) is 29.3 Å². The topological polar surface area (TPSA) is 58.2 Å². The zero-order valence-electron chi connectivity index (χ0n) is 13.8. The monoisotopic (exact) mass is 368 g/mol. The molecule has 0 saturated carbocycles. The van der Waals surface area contributed by atoms with Crippen LogP contribution < -0.4 is 10.6 Å². The van der Waals surface area contributed by atoms with E-state index >= 15 is 0 Å². The van der Waals surface area contributed by atoms with Crippen molar-refractivity contribution >= 4 is 33.4 Å². The minimum Gasteiger partial charge on any atom is -0.355 e. The molecular formula is C17H25BrN2O2. The standard InChI is InChI=1S/C17H25BrN2O2/c1-5-6-7-10-19-15(21)17(3,4)16(22)20-14-9-8-12(2)11-13(14)18/h8-9,11H,5-7,10H2,1-4H3,(H,19,21)(H,20,22). The van der Waals surface area contributed by atoms with Crippen LogP contribution in [0.1, 0.15) is 45.6 Å². The lowest BCUT2D eigenvalue weighted by Crippen LogP contribution is -2.45. The van der Waals surface area contributed by atoms with Crippen molar-refractivity contribution in [3.05, 3.63) is 28.2 Å². The number of unbranched alkanes of at least 4 members (excludes halogenated alkanes) is 2. The number of nitrogens with one attached hydrogen (secondary N) is 2. The molecule has 0 aromatic heterocycles. The van der Waals surface area contributed by atoms with Crippen molar-refractivity contribution in [3.8, 4) is 0 Å². The minimum atomic E-state index is -1.11. The van der Waals surface area contributed by atoms with Gasteiger partial charge >= 0.3 is 0 Å². The molecule has 0 aliphatic carbocycles. The normalized spacial score (nSPS) is 11.1. The van der Waals surface area contributed by atoms with E-state index in [2.05, 4.69) is 33.5 Å². The maximum Gasteiger partial charge on any atom is 0.239 e. The average Bonchev–Trinajstić information content (AvgIpc) is 2.46. The zero-order chi connectivity index (χ0) is 16.8. The number of anilines is 1. The Hall–Kier alpha value is -1.36. The van der Waals surface area contributed by atoms with Gasteiger partial charge in [0.05, 0.1) is 5.69 Å². The highest BCUT2D eigenvalue weighted by Crippen LogP contribution is 2.26. The van der Waals surface area contributed by atoms with Crippen LogP contribution in [0.25, 0.3) is 0 Å². The molecule has 0 saturated heterocycles. The fourth-order valence-electron chi connectivity index (χ4n) is 1.90. The summed E-state index contributed by atoms with van der Waals surface area (Å²) < 4.78 is 0.806. The first kappa shape index (κ1) is 18.7. The quantitative estimate of drug-likeness (QED) is 0.563. The van der Waals surface area contributed by atoms with E-state index in [0.29, 0.717) is 12.2 Å². The molecule has 4 nitrogen and oxygen atoms in total. The summed E-state index contributed by atoms with van der Waals surface area (Å²) in [7, 11) is 0. The Labute approximate surface area is 141 Å². The van der Waals surface area contributed by atoms with E-state index in [-0.39, 0.29) is 11.8 Å². The summed E-state index contributed by atoms with van der Waals surface area (Å²) in [5.74, 6) is -0.561. The number of hydrogen-bond acceptors (Lipinski definition) is 2. The first-order chi connectivity index (χ1) is 10.3. The van der Waals surface area contributed by atoms with E-state index in [1.165, 1.54) is 0 Å². The fraction of sp³-hybridized carbons (Fsp3) is 0.529. The maximum atomic E-state index is 12.4. The molecule has 0 bridgehead atoms. The van der Waals surface area contributed by atoms with Crippen LogP contribution in [-0.4, -0.2) is 18.4 Å². The van der Waals surface area contributed by atoms with Crippen molar-refractivity contribution in [2.45, 2.75) is 47.0 Å². The average molecular weight is 369 g/mol. The Kier molecular flexibility index (Phi) is 7.07. The summed E-state index contributed by atoms with van der Waals surface area (Å²) in [5, 5.41) is 5.65. The van der Waals surface area contributed by atoms with E-state index < -0.39 is 5.41 Å². The van der Waals surface area contributed by atoms with Crippen LogP contribution in [0, 0.1) is 12.3 Å². The number of rotatable bonds is 7. The number of halogens is 1. The van der Waals surface area contributed by atoms with Crippen LogP contribution in [-0.2, 0) is 9.59 Å². The maximum absolute atomic E-state index is 12.4. The summed E-state index contributed by atoms with van der Waals surface area (Å²) in [6.07, 6.45) is 3.11. The molecule has 0 aliphatic rings. The van der Waals surface area contributed by atoms with Crippen LogP contribution in [0.5, 0.6) is 0 Å². The van der Waals surface area contributed by atoms with Gasteiger partial charge in [0.2, 0.25) is 11.8 Å². The number of aryl methyl sites for hydroxylation is 1. The smallest absolute Gasteiger partial charge is 0.239 e. The van der Waals surface area contributed by atoms with Gasteiger partial charge in [-0.25, -0.2) is 0 Å². The fourth-order valence-corrected chi connectivity index (χ4v) is 2.49. The summed E-state index contributed by atoms with van der Waals surface area (Å²) in [6.45, 7) is 7.97. The summed E-state index contributed by atoms with van der Waals surface area (Å²) >= 11 is 3.42. The molecule has 1 aromatic carbocycles. The van der Waals surface area contributed by atoms with Gasteiger partial charge in [-0.1, -0.05) is 25.8 Å². The van der Waals surface area contributed by atoms with Gasteiger partial charge in [0.1, 0.15) is 5.41 Å². The van der Waals surface area contributed by atoms with Crippen LogP contribution >= 0.6 is 15.9 Å². The van der Waals surface area contributed by atoms with Gasteiger partial charge in [-0.15, -0.1) is 0 Å². The van der Waals surface area contributed by atoms with Crippen molar-refractivity contribution in [1.29, 1.82) is 0 Å². The van der Waals surface area contributed by atoms with Crippen LogP contribution in [0.2, 0.25) is 0 Å². The molecule has 0 aliphatic heterocycles. The molecule has 0 atom stereocenters. The van der Waals surface area contributed by atoms with E-state index in [9.17, 15) is 9.59 Å².